The number of carbonyl (C=O) groups is 1. The van der Waals surface area contributed by atoms with E-state index in [9.17, 15) is 4.79 Å². The van der Waals surface area contributed by atoms with Gasteiger partial charge in [-0.25, -0.2) is 4.79 Å². The molecule has 0 aliphatic carbocycles. The number of hydrogen-bond acceptors (Lipinski definition) is 5. The fraction of sp³-hybridized carbons (Fsp3) is 0.562. The van der Waals surface area contributed by atoms with Crippen LogP contribution in [0.4, 0.5) is 4.79 Å². The van der Waals surface area contributed by atoms with Crippen LogP contribution in [0.25, 0.3) is 0 Å². The van der Waals surface area contributed by atoms with Crippen molar-refractivity contribution in [2.24, 2.45) is 0 Å². The van der Waals surface area contributed by atoms with E-state index >= 15 is 0 Å². The topological polar surface area (TPSA) is 68.8 Å². The number of nitrogens with one attached hydrogen (secondary N) is 2. The normalized spacial score (nSPS) is 14.5. The first-order valence-electron chi connectivity index (χ1n) is 7.42. The van der Waals surface area contributed by atoms with E-state index in [0.717, 1.165) is 17.1 Å². The number of fused-ring (bicyclic) bond motifs is 1. The van der Waals surface area contributed by atoms with E-state index in [-0.39, 0.29) is 12.8 Å². The van der Waals surface area contributed by atoms with Gasteiger partial charge >= 0.3 is 6.09 Å². The van der Waals surface area contributed by atoms with Gasteiger partial charge in [-0.2, -0.15) is 0 Å². The Morgan fingerprint density at radius 2 is 2.05 bits per heavy atom. The number of ether oxygens (including phenoxy) is 3. The summed E-state index contributed by atoms with van der Waals surface area (Å²) in [6.45, 7) is 9.07. The lowest BCUT2D eigenvalue weighted by Gasteiger charge is -2.22. The third-order valence-corrected chi connectivity index (χ3v) is 2.98. The van der Waals surface area contributed by atoms with E-state index in [0.29, 0.717) is 13.1 Å². The van der Waals surface area contributed by atoms with Crippen molar-refractivity contribution in [3.05, 3.63) is 23.8 Å². The minimum atomic E-state index is -0.482. The number of rotatable bonds is 5. The van der Waals surface area contributed by atoms with E-state index in [4.69, 9.17) is 14.2 Å². The van der Waals surface area contributed by atoms with Crippen molar-refractivity contribution in [3.63, 3.8) is 0 Å². The van der Waals surface area contributed by atoms with Crippen LogP contribution in [0.2, 0.25) is 0 Å². The quantitative estimate of drug-likeness (QED) is 0.874. The summed E-state index contributed by atoms with van der Waals surface area (Å²) >= 11 is 0. The molecule has 1 aromatic carbocycles. The Bertz CT molecular complexity index is 525. The van der Waals surface area contributed by atoms with Gasteiger partial charge in [-0.15, -0.1) is 0 Å². The van der Waals surface area contributed by atoms with E-state index in [1.165, 1.54) is 0 Å². The Morgan fingerprint density at radius 3 is 2.77 bits per heavy atom. The zero-order valence-corrected chi connectivity index (χ0v) is 13.6. The summed E-state index contributed by atoms with van der Waals surface area (Å²) in [4.78, 5) is 11.6. The Hall–Kier alpha value is -1.95. The largest absolute Gasteiger partial charge is 0.454 e. The first-order chi connectivity index (χ1) is 10.3. The molecule has 122 valence electrons. The van der Waals surface area contributed by atoms with E-state index < -0.39 is 11.7 Å². The zero-order chi connectivity index (χ0) is 16.2. The van der Waals surface area contributed by atoms with Crippen molar-refractivity contribution >= 4 is 6.09 Å². The Kier molecular flexibility index (Phi) is 5.13. The molecular formula is C16H24N2O4. The molecule has 1 heterocycles. The number of alkyl carbamates (subject to hydrolysis) is 1. The van der Waals surface area contributed by atoms with Crippen molar-refractivity contribution in [1.29, 1.82) is 0 Å². The predicted octanol–water partition coefficient (Wildman–Crippen LogP) is 2.42. The number of benzene rings is 1. The molecule has 0 aromatic heterocycles. The highest BCUT2D eigenvalue weighted by Crippen LogP contribution is 2.32. The van der Waals surface area contributed by atoms with Crippen LogP contribution in [-0.4, -0.2) is 31.1 Å². The fourth-order valence-corrected chi connectivity index (χ4v) is 2.04. The molecule has 1 amide bonds. The van der Waals surface area contributed by atoms with Gasteiger partial charge in [0.25, 0.3) is 0 Å². The minimum absolute atomic E-state index is 0.0242. The lowest BCUT2D eigenvalue weighted by Crippen LogP contribution is -2.42. The van der Waals surface area contributed by atoms with Gasteiger partial charge in [0.1, 0.15) is 5.60 Å². The monoisotopic (exact) mass is 308 g/mol. The molecule has 6 nitrogen and oxygen atoms in total. The van der Waals surface area contributed by atoms with Gasteiger partial charge in [0.05, 0.1) is 0 Å². The number of amides is 1. The van der Waals surface area contributed by atoms with Gasteiger partial charge in [-0.3, -0.25) is 0 Å². The van der Waals surface area contributed by atoms with Gasteiger partial charge in [-0.1, -0.05) is 6.07 Å². The summed E-state index contributed by atoms with van der Waals surface area (Å²) in [6.07, 6.45) is -0.398. The third kappa shape index (κ3) is 5.11. The summed E-state index contributed by atoms with van der Waals surface area (Å²) in [6, 6.07) is 5.83. The fourth-order valence-electron chi connectivity index (χ4n) is 2.04. The minimum Gasteiger partial charge on any atom is -0.454 e. The molecule has 0 spiro atoms. The Morgan fingerprint density at radius 1 is 1.32 bits per heavy atom. The number of carbonyl (C=O) groups excluding carboxylic acids is 1. The second-order valence-corrected chi connectivity index (χ2v) is 6.37. The number of hydrogen-bond donors (Lipinski definition) is 2. The van der Waals surface area contributed by atoms with Crippen molar-refractivity contribution < 1.29 is 19.0 Å². The molecule has 2 rings (SSSR count). The highest BCUT2D eigenvalue weighted by Gasteiger charge is 2.17. The van der Waals surface area contributed by atoms with Gasteiger partial charge in [0.2, 0.25) is 6.79 Å². The van der Waals surface area contributed by atoms with Gasteiger partial charge in [0.15, 0.2) is 11.5 Å². The van der Waals surface area contributed by atoms with Gasteiger partial charge in [0, 0.05) is 19.1 Å². The first-order valence-corrected chi connectivity index (χ1v) is 7.42. The molecule has 1 aliphatic rings. The molecule has 0 bridgehead atoms. The second kappa shape index (κ2) is 6.87. The molecular weight excluding hydrogens is 284 g/mol. The maximum absolute atomic E-state index is 11.6. The van der Waals surface area contributed by atoms with Crippen LogP contribution in [0.3, 0.4) is 0 Å². The van der Waals surface area contributed by atoms with E-state index in [1.807, 2.05) is 45.9 Å². The highest BCUT2D eigenvalue weighted by molar-refractivity contribution is 5.68. The molecule has 1 atom stereocenters. The molecule has 1 aliphatic heterocycles. The summed E-state index contributed by atoms with van der Waals surface area (Å²) in [5.74, 6) is 1.56. The maximum Gasteiger partial charge on any atom is 0.407 e. The standard InChI is InChI=1S/C16H24N2O4/c1-11(18-15(19)22-16(2,3)4)8-17-9-12-5-6-13-14(7-12)21-10-20-13/h5-7,11,17H,8-10H2,1-4H3,(H,18,19). The zero-order valence-electron chi connectivity index (χ0n) is 13.6. The van der Waals surface area contributed by atoms with Crippen LogP contribution in [0.15, 0.2) is 18.2 Å². The summed E-state index contributed by atoms with van der Waals surface area (Å²) < 4.78 is 15.8. The van der Waals surface area contributed by atoms with Crippen LogP contribution in [0, 0.1) is 0 Å². The maximum atomic E-state index is 11.6. The molecule has 0 saturated carbocycles. The summed E-state index contributed by atoms with van der Waals surface area (Å²) in [7, 11) is 0. The van der Waals surface area contributed by atoms with Crippen LogP contribution >= 0.6 is 0 Å². The SMILES string of the molecule is CC(CNCc1ccc2c(c1)OCO2)NC(=O)OC(C)(C)C. The van der Waals surface area contributed by atoms with E-state index in [1.54, 1.807) is 0 Å². The Labute approximate surface area is 131 Å². The van der Waals surface area contributed by atoms with Crippen molar-refractivity contribution in [2.45, 2.75) is 45.9 Å². The van der Waals surface area contributed by atoms with Crippen LogP contribution in [0.5, 0.6) is 11.5 Å². The van der Waals surface area contributed by atoms with Gasteiger partial charge in [-0.05, 0) is 45.4 Å². The van der Waals surface area contributed by atoms with Gasteiger partial charge < -0.3 is 24.8 Å². The first kappa shape index (κ1) is 16.4. The van der Waals surface area contributed by atoms with Crippen LogP contribution in [0.1, 0.15) is 33.3 Å². The lowest BCUT2D eigenvalue weighted by atomic mass is 10.2. The highest BCUT2D eigenvalue weighted by atomic mass is 16.7. The average Bonchev–Trinajstić information content (AvgIpc) is 2.83. The lowest BCUT2D eigenvalue weighted by molar-refractivity contribution is 0.0508. The molecule has 6 heteroatoms. The summed E-state index contributed by atoms with van der Waals surface area (Å²) in [5.41, 5.74) is 0.623. The van der Waals surface area contributed by atoms with Crippen molar-refractivity contribution in [2.75, 3.05) is 13.3 Å². The predicted molar refractivity (Wildman–Crippen MR) is 83.1 cm³/mol. The van der Waals surface area contributed by atoms with E-state index in [2.05, 4.69) is 10.6 Å². The summed E-state index contributed by atoms with van der Waals surface area (Å²) in [5, 5.41) is 6.09. The third-order valence-electron chi connectivity index (χ3n) is 2.98. The molecule has 0 radical (unpaired) electrons. The second-order valence-electron chi connectivity index (χ2n) is 6.37. The molecule has 1 aromatic rings. The molecule has 0 saturated heterocycles. The van der Waals surface area contributed by atoms with Crippen LogP contribution < -0.4 is 20.1 Å². The molecule has 0 fully saturated rings. The van der Waals surface area contributed by atoms with Crippen molar-refractivity contribution in [3.8, 4) is 11.5 Å². The van der Waals surface area contributed by atoms with Crippen molar-refractivity contribution in [1.82, 2.24) is 10.6 Å². The smallest absolute Gasteiger partial charge is 0.407 e. The Balaban J connectivity index is 1.71. The average molecular weight is 308 g/mol. The molecule has 22 heavy (non-hydrogen) atoms. The molecule has 1 unspecified atom stereocenters. The van der Waals surface area contributed by atoms with Crippen LogP contribution in [-0.2, 0) is 11.3 Å². The molecule has 2 N–H and O–H groups in total.